The molecule has 0 aliphatic heterocycles. The fraction of sp³-hybridized carbons (Fsp3) is 0.105. The number of halogens is 1. The summed E-state index contributed by atoms with van der Waals surface area (Å²) in [7, 11) is 3.13. The van der Waals surface area contributed by atoms with Gasteiger partial charge in [0.25, 0.3) is 0 Å². The maximum Gasteiger partial charge on any atom is 0.221 e. The Hall–Kier alpha value is -3.88. The molecule has 2 aromatic heterocycles. The summed E-state index contributed by atoms with van der Waals surface area (Å²) in [4.78, 5) is 8.37. The van der Waals surface area contributed by atoms with Crippen LogP contribution in [-0.2, 0) is 0 Å². The average molecular weight is 380 g/mol. The third-order valence-corrected chi connectivity index (χ3v) is 4.26. The summed E-state index contributed by atoms with van der Waals surface area (Å²) in [6, 6.07) is 9.81. The number of nitrogen functional groups attached to an aromatic ring is 1. The van der Waals surface area contributed by atoms with Gasteiger partial charge in [0.2, 0.25) is 5.95 Å². The molecule has 9 heteroatoms. The zero-order chi connectivity index (χ0) is 19.7. The Morgan fingerprint density at radius 3 is 2.64 bits per heavy atom. The van der Waals surface area contributed by atoms with Crippen molar-refractivity contribution >= 4 is 28.5 Å². The smallest absolute Gasteiger partial charge is 0.221 e. The second kappa shape index (κ2) is 7.03. The van der Waals surface area contributed by atoms with E-state index < -0.39 is 0 Å². The Labute approximate surface area is 159 Å². The van der Waals surface area contributed by atoms with Crippen LogP contribution in [0.3, 0.4) is 0 Å². The standard InChI is InChI=1S/C19H17FN6O2/c1-27-15-6-3-10(7-16(15)28-2)13-9-22-19(21)24-17(13)23-18-12-8-11(20)4-5-14(12)25-26-18/h3-9H,1-2H3,(H4,21,22,23,24,25,26). The Balaban J connectivity index is 1.80. The first kappa shape index (κ1) is 17.5. The number of nitrogens with one attached hydrogen (secondary N) is 2. The molecule has 8 nitrogen and oxygen atoms in total. The topological polar surface area (TPSA) is 111 Å². The van der Waals surface area contributed by atoms with E-state index in [1.54, 1.807) is 38.6 Å². The molecular weight excluding hydrogens is 363 g/mol. The van der Waals surface area contributed by atoms with Crippen LogP contribution in [0.4, 0.5) is 22.0 Å². The van der Waals surface area contributed by atoms with E-state index in [2.05, 4.69) is 25.5 Å². The van der Waals surface area contributed by atoms with Crippen LogP contribution in [0, 0.1) is 5.82 Å². The number of anilines is 3. The molecule has 2 aromatic carbocycles. The number of H-pyrrole nitrogens is 1. The molecule has 2 heterocycles. The van der Waals surface area contributed by atoms with Gasteiger partial charge in [0, 0.05) is 17.1 Å². The number of rotatable bonds is 5. The van der Waals surface area contributed by atoms with Gasteiger partial charge in [0.15, 0.2) is 17.3 Å². The second-order valence-electron chi connectivity index (χ2n) is 5.95. The third-order valence-electron chi connectivity index (χ3n) is 4.26. The Morgan fingerprint density at radius 2 is 1.86 bits per heavy atom. The van der Waals surface area contributed by atoms with Crippen molar-refractivity contribution in [2.45, 2.75) is 0 Å². The number of nitrogens with two attached hydrogens (primary N) is 1. The van der Waals surface area contributed by atoms with Gasteiger partial charge in [-0.25, -0.2) is 9.37 Å². The molecule has 0 aliphatic rings. The number of hydrogen-bond acceptors (Lipinski definition) is 7. The van der Waals surface area contributed by atoms with Gasteiger partial charge in [0.1, 0.15) is 11.6 Å². The maximum atomic E-state index is 13.7. The molecule has 0 saturated carbocycles. The molecule has 28 heavy (non-hydrogen) atoms. The zero-order valence-corrected chi connectivity index (χ0v) is 15.2. The summed E-state index contributed by atoms with van der Waals surface area (Å²) in [5.41, 5.74) is 7.92. The number of hydrogen-bond donors (Lipinski definition) is 3. The number of aromatic amines is 1. The highest BCUT2D eigenvalue weighted by Crippen LogP contribution is 2.36. The fourth-order valence-electron chi connectivity index (χ4n) is 2.90. The number of nitrogens with zero attached hydrogens (tertiary/aromatic N) is 3. The molecule has 0 unspecified atom stereocenters. The van der Waals surface area contributed by atoms with Crippen LogP contribution in [0.1, 0.15) is 0 Å². The number of aromatic nitrogens is 4. The maximum absolute atomic E-state index is 13.7. The summed E-state index contributed by atoms with van der Waals surface area (Å²) in [6.45, 7) is 0. The molecule has 4 rings (SSSR count). The number of methoxy groups -OCH3 is 2. The van der Waals surface area contributed by atoms with Crippen molar-refractivity contribution in [3.8, 4) is 22.6 Å². The van der Waals surface area contributed by atoms with E-state index in [1.807, 2.05) is 6.07 Å². The zero-order valence-electron chi connectivity index (χ0n) is 15.2. The SMILES string of the molecule is COc1ccc(-c2cnc(N)nc2Nc2n[nH]c3ccc(F)cc23)cc1OC. The van der Waals surface area contributed by atoms with E-state index in [1.165, 1.54) is 12.1 Å². The minimum Gasteiger partial charge on any atom is -0.493 e. The van der Waals surface area contributed by atoms with E-state index in [0.717, 1.165) is 5.56 Å². The van der Waals surface area contributed by atoms with Crippen LogP contribution < -0.4 is 20.5 Å². The van der Waals surface area contributed by atoms with Crippen molar-refractivity contribution < 1.29 is 13.9 Å². The number of fused-ring (bicyclic) bond motifs is 1. The van der Waals surface area contributed by atoms with Gasteiger partial charge in [0.05, 0.1) is 19.7 Å². The minimum atomic E-state index is -0.362. The highest BCUT2D eigenvalue weighted by molar-refractivity contribution is 5.92. The van der Waals surface area contributed by atoms with Crippen LogP contribution in [-0.4, -0.2) is 34.4 Å². The summed E-state index contributed by atoms with van der Waals surface area (Å²) >= 11 is 0. The van der Waals surface area contributed by atoms with E-state index in [-0.39, 0.29) is 11.8 Å². The molecule has 0 saturated heterocycles. The highest BCUT2D eigenvalue weighted by atomic mass is 19.1. The largest absolute Gasteiger partial charge is 0.493 e. The summed E-state index contributed by atoms with van der Waals surface area (Å²) < 4.78 is 24.3. The van der Waals surface area contributed by atoms with Crippen LogP contribution >= 0.6 is 0 Å². The molecule has 0 spiro atoms. The molecule has 4 N–H and O–H groups in total. The summed E-state index contributed by atoms with van der Waals surface area (Å²) in [5.74, 6) is 1.75. The van der Waals surface area contributed by atoms with E-state index in [0.29, 0.717) is 39.6 Å². The average Bonchev–Trinajstić information content (AvgIpc) is 3.09. The molecule has 0 atom stereocenters. The predicted octanol–water partition coefficient (Wildman–Crippen LogP) is 3.50. The van der Waals surface area contributed by atoms with Crippen molar-refractivity contribution in [3.05, 3.63) is 48.4 Å². The molecule has 0 amide bonds. The van der Waals surface area contributed by atoms with E-state index in [9.17, 15) is 4.39 Å². The lowest BCUT2D eigenvalue weighted by Crippen LogP contribution is -2.03. The van der Waals surface area contributed by atoms with Gasteiger partial charge < -0.3 is 20.5 Å². The molecule has 0 radical (unpaired) electrons. The second-order valence-corrected chi connectivity index (χ2v) is 5.95. The van der Waals surface area contributed by atoms with Gasteiger partial charge >= 0.3 is 0 Å². The van der Waals surface area contributed by atoms with Crippen molar-refractivity contribution in [1.29, 1.82) is 0 Å². The van der Waals surface area contributed by atoms with Crippen molar-refractivity contribution in [2.24, 2.45) is 0 Å². The first-order valence-electron chi connectivity index (χ1n) is 8.34. The lowest BCUT2D eigenvalue weighted by atomic mass is 10.1. The van der Waals surface area contributed by atoms with Gasteiger partial charge in [-0.05, 0) is 35.9 Å². The van der Waals surface area contributed by atoms with Crippen LogP contribution in [0.15, 0.2) is 42.6 Å². The van der Waals surface area contributed by atoms with Crippen LogP contribution in [0.25, 0.3) is 22.0 Å². The van der Waals surface area contributed by atoms with Crippen LogP contribution in [0.2, 0.25) is 0 Å². The molecule has 142 valence electrons. The van der Waals surface area contributed by atoms with Gasteiger partial charge in [-0.1, -0.05) is 6.07 Å². The Morgan fingerprint density at radius 1 is 1.04 bits per heavy atom. The first-order chi connectivity index (χ1) is 13.6. The lowest BCUT2D eigenvalue weighted by molar-refractivity contribution is 0.355. The molecule has 4 aromatic rings. The van der Waals surface area contributed by atoms with E-state index >= 15 is 0 Å². The normalized spacial score (nSPS) is 10.8. The predicted molar refractivity (Wildman–Crippen MR) is 104 cm³/mol. The third kappa shape index (κ3) is 3.13. The number of benzene rings is 2. The quantitative estimate of drug-likeness (QED) is 0.486. The van der Waals surface area contributed by atoms with Crippen molar-refractivity contribution in [2.75, 3.05) is 25.3 Å². The summed E-state index contributed by atoms with van der Waals surface area (Å²) in [6.07, 6.45) is 1.60. The minimum absolute atomic E-state index is 0.0951. The van der Waals surface area contributed by atoms with Crippen LogP contribution in [0.5, 0.6) is 11.5 Å². The fourth-order valence-corrected chi connectivity index (χ4v) is 2.90. The van der Waals surface area contributed by atoms with Gasteiger partial charge in [-0.3, -0.25) is 5.10 Å². The monoisotopic (exact) mass is 380 g/mol. The molecule has 0 fully saturated rings. The molecule has 0 aliphatic carbocycles. The van der Waals surface area contributed by atoms with Crippen molar-refractivity contribution in [3.63, 3.8) is 0 Å². The van der Waals surface area contributed by atoms with Gasteiger partial charge in [-0.2, -0.15) is 10.1 Å². The van der Waals surface area contributed by atoms with E-state index in [4.69, 9.17) is 15.2 Å². The highest BCUT2D eigenvalue weighted by Gasteiger charge is 2.15. The molecule has 0 bridgehead atoms. The molecular formula is C19H17FN6O2. The van der Waals surface area contributed by atoms with Gasteiger partial charge in [-0.15, -0.1) is 0 Å². The Bertz CT molecular complexity index is 1160. The first-order valence-corrected chi connectivity index (χ1v) is 8.34. The summed E-state index contributed by atoms with van der Waals surface area (Å²) in [5, 5.41) is 10.8. The lowest BCUT2D eigenvalue weighted by Gasteiger charge is -2.13. The number of ether oxygens (including phenoxy) is 2. The van der Waals surface area contributed by atoms with Crippen molar-refractivity contribution in [1.82, 2.24) is 20.2 Å². The Kier molecular flexibility index (Phi) is 4.40.